The van der Waals surface area contributed by atoms with Gasteiger partial charge in [0.15, 0.2) is 11.5 Å². The van der Waals surface area contributed by atoms with Crippen molar-refractivity contribution in [3.63, 3.8) is 0 Å². The van der Waals surface area contributed by atoms with E-state index in [1.807, 2.05) is 6.92 Å². The summed E-state index contributed by atoms with van der Waals surface area (Å²) < 4.78 is 44.1. The molecule has 0 unspecified atom stereocenters. The summed E-state index contributed by atoms with van der Waals surface area (Å²) in [6.07, 6.45) is -3.13. The Kier molecular flexibility index (Phi) is 4.10. The summed E-state index contributed by atoms with van der Waals surface area (Å²) in [6.45, 7) is 3.57. The molecule has 6 nitrogen and oxygen atoms in total. The van der Waals surface area contributed by atoms with E-state index in [-0.39, 0.29) is 17.9 Å². The standard InChI is InChI=1S/C15H17F3N4O2/c1-3-11-12(7(2)22-24-11)19-14(23)8-4-5-10-9(6-8)13(21-20-10)15(16,17)18/h8H,3-6H2,1-2H3,(H,19,23)(H,20,21)/t8-/m0/s1. The number of carbonyl (C=O) groups excluding carboxylic acids is 1. The predicted molar refractivity (Wildman–Crippen MR) is 78.4 cm³/mol. The van der Waals surface area contributed by atoms with Crippen molar-refractivity contribution in [1.82, 2.24) is 15.4 Å². The van der Waals surface area contributed by atoms with Gasteiger partial charge in [-0.3, -0.25) is 9.89 Å². The summed E-state index contributed by atoms with van der Waals surface area (Å²) in [6, 6.07) is 0. The van der Waals surface area contributed by atoms with Crippen molar-refractivity contribution in [2.24, 2.45) is 5.92 Å². The van der Waals surface area contributed by atoms with Gasteiger partial charge < -0.3 is 9.84 Å². The van der Waals surface area contributed by atoms with Crippen molar-refractivity contribution in [3.05, 3.63) is 28.4 Å². The van der Waals surface area contributed by atoms with Gasteiger partial charge >= 0.3 is 6.18 Å². The van der Waals surface area contributed by atoms with Crippen LogP contribution in [0.3, 0.4) is 0 Å². The van der Waals surface area contributed by atoms with Gasteiger partial charge in [-0.2, -0.15) is 18.3 Å². The summed E-state index contributed by atoms with van der Waals surface area (Å²) in [4.78, 5) is 12.5. The number of fused-ring (bicyclic) bond motifs is 1. The molecule has 1 aliphatic rings. The SMILES string of the molecule is CCc1onc(C)c1NC(=O)[C@H]1CCc2[nH]nc(C(F)(F)F)c2C1. The number of aromatic nitrogens is 3. The number of hydrogen-bond donors (Lipinski definition) is 2. The molecular formula is C15H17F3N4O2. The molecule has 0 fully saturated rings. The lowest BCUT2D eigenvalue weighted by atomic mass is 9.85. The minimum absolute atomic E-state index is 0.0122. The van der Waals surface area contributed by atoms with E-state index >= 15 is 0 Å². The number of nitrogens with one attached hydrogen (secondary N) is 2. The number of amides is 1. The maximum absolute atomic E-state index is 13.0. The lowest BCUT2D eigenvalue weighted by Crippen LogP contribution is -2.29. The molecule has 0 saturated carbocycles. The number of aryl methyl sites for hydroxylation is 3. The monoisotopic (exact) mass is 342 g/mol. The van der Waals surface area contributed by atoms with E-state index in [0.29, 0.717) is 42.1 Å². The third-order valence-electron chi connectivity index (χ3n) is 4.29. The number of nitrogens with zero attached hydrogens (tertiary/aromatic N) is 2. The zero-order valence-corrected chi connectivity index (χ0v) is 13.3. The Hall–Kier alpha value is -2.32. The summed E-state index contributed by atoms with van der Waals surface area (Å²) in [5.74, 6) is -0.317. The number of anilines is 1. The van der Waals surface area contributed by atoms with Crippen molar-refractivity contribution in [2.45, 2.75) is 45.7 Å². The van der Waals surface area contributed by atoms with E-state index in [9.17, 15) is 18.0 Å². The number of carbonyl (C=O) groups is 1. The fourth-order valence-corrected chi connectivity index (χ4v) is 3.00. The Morgan fingerprint density at radius 2 is 2.21 bits per heavy atom. The molecule has 2 heterocycles. The van der Waals surface area contributed by atoms with Crippen LogP contribution in [0.4, 0.5) is 18.9 Å². The Bertz CT molecular complexity index is 763. The molecule has 2 N–H and O–H groups in total. The molecule has 2 aromatic heterocycles. The van der Waals surface area contributed by atoms with E-state index in [1.54, 1.807) is 6.92 Å². The molecule has 1 atom stereocenters. The van der Waals surface area contributed by atoms with Crippen LogP contribution in [0.15, 0.2) is 4.52 Å². The summed E-state index contributed by atoms with van der Waals surface area (Å²) in [5, 5.41) is 12.4. The van der Waals surface area contributed by atoms with Crippen molar-refractivity contribution in [2.75, 3.05) is 5.32 Å². The molecule has 9 heteroatoms. The molecular weight excluding hydrogens is 325 g/mol. The van der Waals surface area contributed by atoms with Gasteiger partial charge in [-0.1, -0.05) is 12.1 Å². The first-order valence-electron chi connectivity index (χ1n) is 7.70. The Morgan fingerprint density at radius 1 is 1.46 bits per heavy atom. The highest BCUT2D eigenvalue weighted by Gasteiger charge is 2.40. The first-order valence-corrected chi connectivity index (χ1v) is 7.70. The molecule has 24 heavy (non-hydrogen) atoms. The summed E-state index contributed by atoms with van der Waals surface area (Å²) in [5.41, 5.74) is 0.686. The van der Waals surface area contributed by atoms with E-state index in [2.05, 4.69) is 20.7 Å². The number of aromatic amines is 1. The average Bonchev–Trinajstić information content (AvgIpc) is 3.10. The minimum Gasteiger partial charge on any atom is -0.359 e. The Morgan fingerprint density at radius 3 is 2.88 bits per heavy atom. The molecule has 2 aromatic rings. The summed E-state index contributed by atoms with van der Waals surface area (Å²) in [7, 11) is 0. The molecule has 1 amide bonds. The van der Waals surface area contributed by atoms with Crippen LogP contribution >= 0.6 is 0 Å². The molecule has 1 aliphatic carbocycles. The number of H-pyrrole nitrogens is 1. The van der Waals surface area contributed by atoms with Crippen molar-refractivity contribution in [3.8, 4) is 0 Å². The van der Waals surface area contributed by atoms with Crippen LogP contribution < -0.4 is 5.32 Å². The third kappa shape index (κ3) is 2.90. The third-order valence-corrected chi connectivity index (χ3v) is 4.29. The maximum atomic E-state index is 13.0. The van der Waals surface area contributed by atoms with Crippen molar-refractivity contribution in [1.29, 1.82) is 0 Å². The van der Waals surface area contributed by atoms with Crippen molar-refractivity contribution >= 4 is 11.6 Å². The van der Waals surface area contributed by atoms with E-state index in [4.69, 9.17) is 4.52 Å². The van der Waals surface area contributed by atoms with Crippen molar-refractivity contribution < 1.29 is 22.5 Å². The van der Waals surface area contributed by atoms with Crippen LogP contribution in [-0.4, -0.2) is 21.3 Å². The molecule has 0 spiro atoms. The highest BCUT2D eigenvalue weighted by atomic mass is 19.4. The lowest BCUT2D eigenvalue weighted by molar-refractivity contribution is -0.142. The van der Waals surface area contributed by atoms with Gasteiger partial charge in [-0.05, 0) is 26.2 Å². The summed E-state index contributed by atoms with van der Waals surface area (Å²) >= 11 is 0. The Balaban J connectivity index is 1.79. The average molecular weight is 342 g/mol. The fraction of sp³-hybridized carbons (Fsp3) is 0.533. The van der Waals surface area contributed by atoms with Gasteiger partial charge in [-0.15, -0.1) is 0 Å². The number of alkyl halides is 3. The molecule has 0 aliphatic heterocycles. The van der Waals surface area contributed by atoms with E-state index < -0.39 is 17.8 Å². The van der Waals surface area contributed by atoms with Crippen LogP contribution in [0.5, 0.6) is 0 Å². The number of halogens is 3. The van der Waals surface area contributed by atoms with Crippen LogP contribution in [0.1, 0.15) is 41.8 Å². The highest BCUT2D eigenvalue weighted by Crippen LogP contribution is 2.36. The largest absolute Gasteiger partial charge is 0.435 e. The Labute approximate surface area is 135 Å². The van der Waals surface area contributed by atoms with Crippen LogP contribution in [0, 0.1) is 12.8 Å². The van der Waals surface area contributed by atoms with Gasteiger partial charge in [0, 0.05) is 23.6 Å². The van der Waals surface area contributed by atoms with E-state index in [1.165, 1.54) is 0 Å². The number of rotatable bonds is 3. The second kappa shape index (κ2) is 5.95. The quantitative estimate of drug-likeness (QED) is 0.898. The second-order valence-corrected chi connectivity index (χ2v) is 5.88. The van der Waals surface area contributed by atoms with E-state index in [0.717, 1.165) is 0 Å². The molecule has 0 aromatic carbocycles. The fourth-order valence-electron chi connectivity index (χ4n) is 3.00. The minimum atomic E-state index is -4.52. The topological polar surface area (TPSA) is 83.8 Å². The molecule has 3 rings (SSSR count). The van der Waals surface area contributed by atoms with Crippen LogP contribution in [0.2, 0.25) is 0 Å². The predicted octanol–water partition coefficient (Wildman–Crippen LogP) is 3.03. The highest BCUT2D eigenvalue weighted by molar-refractivity contribution is 5.93. The zero-order valence-electron chi connectivity index (χ0n) is 13.3. The first kappa shape index (κ1) is 16.5. The van der Waals surface area contributed by atoms with Gasteiger partial charge in [0.25, 0.3) is 0 Å². The van der Waals surface area contributed by atoms with Crippen LogP contribution in [-0.2, 0) is 30.2 Å². The molecule has 0 radical (unpaired) electrons. The molecule has 0 saturated heterocycles. The van der Waals surface area contributed by atoms with Gasteiger partial charge in [0.2, 0.25) is 5.91 Å². The lowest BCUT2D eigenvalue weighted by Gasteiger charge is -2.22. The smallest absolute Gasteiger partial charge is 0.359 e. The van der Waals surface area contributed by atoms with Gasteiger partial charge in [0.1, 0.15) is 11.4 Å². The first-order chi connectivity index (χ1) is 11.3. The van der Waals surface area contributed by atoms with Gasteiger partial charge in [0.05, 0.1) is 0 Å². The van der Waals surface area contributed by atoms with Gasteiger partial charge in [-0.25, -0.2) is 0 Å². The maximum Gasteiger partial charge on any atom is 0.435 e. The molecule has 0 bridgehead atoms. The normalized spacial score (nSPS) is 17.6. The van der Waals surface area contributed by atoms with Crippen LogP contribution in [0.25, 0.3) is 0 Å². The molecule has 130 valence electrons. The zero-order chi connectivity index (χ0) is 17.5. The number of hydrogen-bond acceptors (Lipinski definition) is 4. The second-order valence-electron chi connectivity index (χ2n) is 5.88.